The maximum absolute atomic E-state index is 6.08. The first kappa shape index (κ1) is 23.6. The van der Waals surface area contributed by atoms with Crippen molar-refractivity contribution < 1.29 is 9.47 Å². The molecule has 0 saturated carbocycles. The Labute approximate surface area is 189 Å². The van der Waals surface area contributed by atoms with E-state index in [2.05, 4.69) is 86.0 Å². The summed E-state index contributed by atoms with van der Waals surface area (Å²) in [5, 5.41) is 0. The number of ether oxygens (including phenoxy) is 2. The average Bonchev–Trinajstić information content (AvgIpc) is 2.79. The van der Waals surface area contributed by atoms with Crippen molar-refractivity contribution in [2.45, 2.75) is 59.2 Å². The Morgan fingerprint density at radius 3 is 2.32 bits per heavy atom. The van der Waals surface area contributed by atoms with Gasteiger partial charge in [0.1, 0.15) is 5.75 Å². The van der Waals surface area contributed by atoms with Crippen LogP contribution in [0.5, 0.6) is 5.75 Å². The minimum atomic E-state index is 0.217. The second-order valence-electron chi connectivity index (χ2n) is 8.79. The third-order valence-electron chi connectivity index (χ3n) is 5.75. The van der Waals surface area contributed by atoms with Crippen LogP contribution < -0.4 is 9.64 Å². The van der Waals surface area contributed by atoms with E-state index in [0.29, 0.717) is 0 Å². The summed E-state index contributed by atoms with van der Waals surface area (Å²) in [6, 6.07) is 17.3. The largest absolute Gasteiger partial charge is 0.491 e. The van der Waals surface area contributed by atoms with E-state index in [1.165, 1.54) is 23.2 Å². The molecule has 0 N–H and O–H groups in total. The van der Waals surface area contributed by atoms with Gasteiger partial charge < -0.3 is 14.4 Å². The number of fused-ring (bicyclic) bond motifs is 1. The lowest BCUT2D eigenvalue weighted by Gasteiger charge is -2.37. The van der Waals surface area contributed by atoms with E-state index in [0.717, 1.165) is 57.9 Å². The van der Waals surface area contributed by atoms with E-state index in [9.17, 15) is 0 Å². The average molecular weight is 425 g/mol. The molecule has 4 heteroatoms. The molecule has 0 aliphatic carbocycles. The van der Waals surface area contributed by atoms with E-state index < -0.39 is 0 Å². The van der Waals surface area contributed by atoms with Crippen LogP contribution in [0.3, 0.4) is 0 Å². The molecule has 0 radical (unpaired) electrons. The van der Waals surface area contributed by atoms with E-state index in [1.54, 1.807) is 0 Å². The van der Waals surface area contributed by atoms with Crippen LogP contribution in [0.4, 0.5) is 5.69 Å². The quantitative estimate of drug-likeness (QED) is 0.592. The first-order chi connectivity index (χ1) is 15.1. The number of rotatable bonds is 6. The zero-order valence-corrected chi connectivity index (χ0v) is 19.8. The van der Waals surface area contributed by atoms with Crippen molar-refractivity contribution in [2.24, 2.45) is 0 Å². The molecule has 2 aromatic rings. The zero-order valence-electron chi connectivity index (χ0n) is 19.8. The van der Waals surface area contributed by atoms with Gasteiger partial charge in [-0.25, -0.2) is 0 Å². The van der Waals surface area contributed by atoms with Crippen molar-refractivity contribution in [3.05, 3.63) is 59.7 Å². The van der Waals surface area contributed by atoms with E-state index in [4.69, 9.17) is 9.47 Å². The summed E-state index contributed by atoms with van der Waals surface area (Å²) in [5.41, 5.74) is 4.16. The van der Waals surface area contributed by atoms with Gasteiger partial charge in [-0.3, -0.25) is 4.90 Å². The first-order valence-corrected chi connectivity index (χ1v) is 12.0. The van der Waals surface area contributed by atoms with Gasteiger partial charge in [-0.2, -0.15) is 0 Å². The van der Waals surface area contributed by atoms with Gasteiger partial charge in [0.2, 0.25) is 0 Å². The second kappa shape index (κ2) is 12.1. The summed E-state index contributed by atoms with van der Waals surface area (Å²) in [6.45, 7) is 14.7. The highest BCUT2D eigenvalue weighted by Crippen LogP contribution is 2.30. The van der Waals surface area contributed by atoms with Crippen LogP contribution in [0.15, 0.2) is 48.5 Å². The molecule has 1 atom stereocenters. The molecular weight excluding hydrogens is 384 g/mol. The van der Waals surface area contributed by atoms with Crippen LogP contribution in [-0.2, 0) is 11.2 Å². The maximum atomic E-state index is 6.08. The van der Waals surface area contributed by atoms with Gasteiger partial charge in [0.05, 0.1) is 18.8 Å². The SMILES string of the molecule is CC(C)Oc1ccc(N2CCN(CCC3OCCc4ccccc43)CC2)cc1.CCC. The number of nitrogens with zero attached hydrogens (tertiary/aromatic N) is 2. The Hall–Kier alpha value is -2.04. The lowest BCUT2D eigenvalue weighted by Crippen LogP contribution is -2.46. The van der Waals surface area contributed by atoms with Gasteiger partial charge >= 0.3 is 0 Å². The highest BCUT2D eigenvalue weighted by molar-refractivity contribution is 5.49. The van der Waals surface area contributed by atoms with Crippen LogP contribution >= 0.6 is 0 Å². The molecule has 2 aliphatic rings. The predicted octanol–water partition coefficient (Wildman–Crippen LogP) is 5.72. The Morgan fingerprint density at radius 2 is 1.65 bits per heavy atom. The van der Waals surface area contributed by atoms with Crippen molar-refractivity contribution >= 4 is 5.69 Å². The predicted molar refractivity (Wildman–Crippen MR) is 130 cm³/mol. The highest BCUT2D eigenvalue weighted by Gasteiger charge is 2.23. The van der Waals surface area contributed by atoms with Gasteiger partial charge in [0, 0.05) is 38.4 Å². The van der Waals surface area contributed by atoms with Crippen molar-refractivity contribution in [1.29, 1.82) is 0 Å². The van der Waals surface area contributed by atoms with Gasteiger partial charge in [0.15, 0.2) is 0 Å². The topological polar surface area (TPSA) is 24.9 Å². The van der Waals surface area contributed by atoms with Gasteiger partial charge in [-0.15, -0.1) is 0 Å². The molecule has 1 unspecified atom stereocenters. The Bertz CT molecular complexity index is 767. The molecule has 0 bridgehead atoms. The fourth-order valence-electron chi connectivity index (χ4n) is 4.25. The van der Waals surface area contributed by atoms with E-state index in [-0.39, 0.29) is 12.2 Å². The summed E-state index contributed by atoms with van der Waals surface area (Å²) in [4.78, 5) is 5.05. The summed E-state index contributed by atoms with van der Waals surface area (Å²) >= 11 is 0. The third kappa shape index (κ3) is 6.98. The molecule has 1 saturated heterocycles. The summed E-state index contributed by atoms with van der Waals surface area (Å²) in [7, 11) is 0. The third-order valence-corrected chi connectivity index (χ3v) is 5.75. The molecule has 0 aromatic heterocycles. The summed E-state index contributed by atoms with van der Waals surface area (Å²) < 4.78 is 11.8. The van der Waals surface area contributed by atoms with Crippen LogP contribution in [0.2, 0.25) is 0 Å². The standard InChI is InChI=1S/C24H32N2O2.C3H8/c1-19(2)28-22-9-7-21(8-10-22)26-16-14-25(15-17-26)13-11-24-23-6-4-3-5-20(23)12-18-27-24;1-3-2/h3-10,19,24H,11-18H2,1-2H3;3H2,1-2H3. The Morgan fingerprint density at radius 1 is 0.968 bits per heavy atom. The molecule has 2 aromatic carbocycles. The minimum absolute atomic E-state index is 0.217. The molecule has 1 fully saturated rings. The molecule has 4 rings (SSSR count). The lowest BCUT2D eigenvalue weighted by molar-refractivity contribution is 0.0289. The number of anilines is 1. The minimum Gasteiger partial charge on any atom is -0.491 e. The molecule has 31 heavy (non-hydrogen) atoms. The molecular formula is C27H40N2O2. The molecule has 4 nitrogen and oxygen atoms in total. The number of hydrogen-bond donors (Lipinski definition) is 0. The highest BCUT2D eigenvalue weighted by atomic mass is 16.5. The van der Waals surface area contributed by atoms with Crippen LogP contribution in [0.1, 0.15) is 57.8 Å². The summed E-state index contributed by atoms with van der Waals surface area (Å²) in [5.74, 6) is 0.949. The van der Waals surface area contributed by atoms with Crippen molar-refractivity contribution in [2.75, 3.05) is 44.2 Å². The van der Waals surface area contributed by atoms with E-state index in [1.807, 2.05) is 0 Å². The van der Waals surface area contributed by atoms with Gasteiger partial charge in [0.25, 0.3) is 0 Å². The first-order valence-electron chi connectivity index (χ1n) is 12.0. The smallest absolute Gasteiger partial charge is 0.119 e. The van der Waals surface area contributed by atoms with E-state index >= 15 is 0 Å². The van der Waals surface area contributed by atoms with Crippen LogP contribution in [0, 0.1) is 0 Å². The van der Waals surface area contributed by atoms with Crippen molar-refractivity contribution in [1.82, 2.24) is 4.90 Å². The zero-order chi connectivity index (χ0) is 22.1. The van der Waals surface area contributed by atoms with Crippen LogP contribution in [0.25, 0.3) is 0 Å². The second-order valence-corrected chi connectivity index (χ2v) is 8.79. The summed E-state index contributed by atoms with van der Waals surface area (Å²) in [6.07, 6.45) is 3.86. The maximum Gasteiger partial charge on any atom is 0.119 e. The molecule has 170 valence electrons. The number of piperazine rings is 1. The lowest BCUT2D eigenvalue weighted by atomic mass is 9.95. The van der Waals surface area contributed by atoms with Gasteiger partial charge in [-0.1, -0.05) is 44.5 Å². The normalized spacial score (nSPS) is 18.9. The monoisotopic (exact) mass is 424 g/mol. The van der Waals surface area contributed by atoms with Crippen molar-refractivity contribution in [3.63, 3.8) is 0 Å². The Balaban J connectivity index is 0.000000858. The van der Waals surface area contributed by atoms with Crippen molar-refractivity contribution in [3.8, 4) is 5.75 Å². The number of hydrogen-bond acceptors (Lipinski definition) is 4. The fourth-order valence-corrected chi connectivity index (χ4v) is 4.25. The molecule has 2 aliphatic heterocycles. The molecule has 0 spiro atoms. The number of benzene rings is 2. The Kier molecular flexibility index (Phi) is 9.23. The molecule has 0 amide bonds. The molecule has 2 heterocycles. The van der Waals surface area contributed by atoms with Crippen LogP contribution in [-0.4, -0.2) is 50.3 Å². The van der Waals surface area contributed by atoms with Gasteiger partial charge in [-0.05, 0) is 62.1 Å². The fraction of sp³-hybridized carbons (Fsp3) is 0.556.